The molecule has 96 valence electrons. The second-order valence-electron chi connectivity index (χ2n) is 7.43. The van der Waals surface area contributed by atoms with Crippen LogP contribution in [0.1, 0.15) is 58.5 Å². The number of aromatic nitrogens is 2. The molecule has 2 rings (SSSR count). The fourth-order valence-electron chi connectivity index (χ4n) is 2.71. The summed E-state index contributed by atoms with van der Waals surface area (Å²) < 4.78 is 2.12. The van der Waals surface area contributed by atoms with E-state index < -0.39 is 0 Å². The predicted molar refractivity (Wildman–Crippen MR) is 70.7 cm³/mol. The molecule has 0 fully saturated rings. The summed E-state index contributed by atoms with van der Waals surface area (Å²) in [5.74, 6) is 0. The zero-order valence-electron chi connectivity index (χ0n) is 11.7. The van der Waals surface area contributed by atoms with Gasteiger partial charge in [-0.25, -0.2) is 0 Å². The van der Waals surface area contributed by atoms with E-state index in [4.69, 9.17) is 10.8 Å². The Morgan fingerprint density at radius 3 is 2.71 bits per heavy atom. The van der Waals surface area contributed by atoms with Crippen LogP contribution in [0.3, 0.4) is 0 Å². The molecule has 0 saturated heterocycles. The van der Waals surface area contributed by atoms with Gasteiger partial charge in [0, 0.05) is 12.6 Å². The number of nitrogens with two attached hydrogens (primary N) is 1. The molecule has 1 atom stereocenters. The molecule has 2 heterocycles. The molecule has 0 amide bonds. The fourth-order valence-corrected chi connectivity index (χ4v) is 2.71. The Morgan fingerprint density at radius 1 is 1.47 bits per heavy atom. The molecule has 1 aromatic rings. The van der Waals surface area contributed by atoms with Crippen molar-refractivity contribution >= 4 is 0 Å². The van der Waals surface area contributed by atoms with Crippen LogP contribution in [0, 0.1) is 10.8 Å². The quantitative estimate of drug-likeness (QED) is 0.813. The molecule has 0 bridgehead atoms. The van der Waals surface area contributed by atoms with Crippen LogP contribution in [0.15, 0.2) is 6.07 Å². The van der Waals surface area contributed by atoms with Crippen molar-refractivity contribution in [3.63, 3.8) is 0 Å². The van der Waals surface area contributed by atoms with E-state index in [1.54, 1.807) is 0 Å². The van der Waals surface area contributed by atoms with Gasteiger partial charge in [-0.2, -0.15) is 5.10 Å². The maximum Gasteiger partial charge on any atom is 0.0633 e. The van der Waals surface area contributed by atoms with E-state index >= 15 is 0 Å². The standard InChI is InChI=1S/C14H25N3/c1-13(2,3)7-10-6-12-11(15)8-14(4,5)9-17(12)16-10/h6,11H,7-9,15H2,1-5H3/t11-/m1/s1. The minimum absolute atomic E-state index is 0.139. The average molecular weight is 235 g/mol. The highest BCUT2D eigenvalue weighted by Gasteiger charge is 2.32. The smallest absolute Gasteiger partial charge is 0.0633 e. The largest absolute Gasteiger partial charge is 0.323 e. The van der Waals surface area contributed by atoms with Gasteiger partial charge in [0.25, 0.3) is 0 Å². The molecule has 1 aromatic heterocycles. The monoisotopic (exact) mass is 235 g/mol. The number of hydrogen-bond donors (Lipinski definition) is 1. The number of nitrogens with zero attached hydrogens (tertiary/aromatic N) is 2. The zero-order valence-corrected chi connectivity index (χ0v) is 11.7. The van der Waals surface area contributed by atoms with E-state index in [0.29, 0.717) is 0 Å². The van der Waals surface area contributed by atoms with Crippen LogP contribution in [-0.4, -0.2) is 9.78 Å². The highest BCUT2D eigenvalue weighted by Crippen LogP contribution is 2.36. The Balaban J connectivity index is 2.27. The van der Waals surface area contributed by atoms with Crippen molar-refractivity contribution in [1.29, 1.82) is 0 Å². The molecule has 0 saturated carbocycles. The highest BCUT2D eigenvalue weighted by atomic mass is 15.3. The molecule has 0 aromatic carbocycles. The average Bonchev–Trinajstić information content (AvgIpc) is 2.41. The van der Waals surface area contributed by atoms with Crippen molar-refractivity contribution < 1.29 is 0 Å². The topological polar surface area (TPSA) is 43.8 Å². The summed E-state index contributed by atoms with van der Waals surface area (Å²) in [6.07, 6.45) is 2.06. The van der Waals surface area contributed by atoms with E-state index in [0.717, 1.165) is 19.4 Å². The minimum Gasteiger partial charge on any atom is -0.323 e. The van der Waals surface area contributed by atoms with Gasteiger partial charge in [-0.05, 0) is 29.7 Å². The SMILES string of the molecule is CC(C)(C)Cc1cc2n(n1)CC(C)(C)C[C@H]2N. The van der Waals surface area contributed by atoms with E-state index in [2.05, 4.69) is 45.4 Å². The van der Waals surface area contributed by atoms with Crippen molar-refractivity contribution in [3.8, 4) is 0 Å². The Hall–Kier alpha value is -0.830. The van der Waals surface area contributed by atoms with Crippen LogP contribution in [-0.2, 0) is 13.0 Å². The Labute approximate surface area is 104 Å². The van der Waals surface area contributed by atoms with E-state index in [9.17, 15) is 0 Å². The summed E-state index contributed by atoms with van der Waals surface area (Å²) in [7, 11) is 0. The van der Waals surface area contributed by atoms with Crippen molar-refractivity contribution in [2.24, 2.45) is 16.6 Å². The van der Waals surface area contributed by atoms with Crippen LogP contribution >= 0.6 is 0 Å². The Morgan fingerprint density at radius 2 is 2.12 bits per heavy atom. The molecule has 17 heavy (non-hydrogen) atoms. The Kier molecular flexibility index (Phi) is 2.85. The zero-order chi connectivity index (χ0) is 12.8. The molecule has 0 unspecified atom stereocenters. The third-order valence-electron chi connectivity index (χ3n) is 3.30. The van der Waals surface area contributed by atoms with Gasteiger partial charge in [-0.1, -0.05) is 34.6 Å². The highest BCUT2D eigenvalue weighted by molar-refractivity contribution is 5.17. The van der Waals surface area contributed by atoms with Gasteiger partial charge in [0.2, 0.25) is 0 Å². The summed E-state index contributed by atoms with van der Waals surface area (Å²) >= 11 is 0. The van der Waals surface area contributed by atoms with Crippen LogP contribution < -0.4 is 5.73 Å². The maximum atomic E-state index is 6.24. The fraction of sp³-hybridized carbons (Fsp3) is 0.786. The molecule has 2 N–H and O–H groups in total. The van der Waals surface area contributed by atoms with Crippen molar-refractivity contribution in [3.05, 3.63) is 17.5 Å². The lowest BCUT2D eigenvalue weighted by atomic mass is 9.82. The van der Waals surface area contributed by atoms with Gasteiger partial charge in [-0.15, -0.1) is 0 Å². The first kappa shape index (κ1) is 12.6. The third kappa shape index (κ3) is 2.89. The predicted octanol–water partition coefficient (Wildman–Crippen LogP) is 2.90. The van der Waals surface area contributed by atoms with Crippen molar-refractivity contribution in [2.75, 3.05) is 0 Å². The van der Waals surface area contributed by atoms with E-state index in [1.165, 1.54) is 11.4 Å². The first-order valence-corrected chi connectivity index (χ1v) is 6.49. The second kappa shape index (κ2) is 3.84. The molecule has 0 spiro atoms. The van der Waals surface area contributed by atoms with Crippen LogP contribution in [0.5, 0.6) is 0 Å². The summed E-state index contributed by atoms with van der Waals surface area (Å²) in [5.41, 5.74) is 9.17. The summed E-state index contributed by atoms with van der Waals surface area (Å²) in [4.78, 5) is 0. The number of rotatable bonds is 1. The van der Waals surface area contributed by atoms with E-state index in [-0.39, 0.29) is 16.9 Å². The summed E-state index contributed by atoms with van der Waals surface area (Å²) in [6.45, 7) is 12.3. The second-order valence-corrected chi connectivity index (χ2v) is 7.43. The van der Waals surface area contributed by atoms with Gasteiger partial charge in [-0.3, -0.25) is 4.68 Å². The van der Waals surface area contributed by atoms with Gasteiger partial charge >= 0.3 is 0 Å². The molecule has 0 radical (unpaired) electrons. The van der Waals surface area contributed by atoms with Crippen LogP contribution in [0.2, 0.25) is 0 Å². The number of hydrogen-bond acceptors (Lipinski definition) is 2. The van der Waals surface area contributed by atoms with Gasteiger partial charge in [0.15, 0.2) is 0 Å². The van der Waals surface area contributed by atoms with Crippen LogP contribution in [0.4, 0.5) is 0 Å². The molecule has 0 aliphatic carbocycles. The number of fused-ring (bicyclic) bond motifs is 1. The summed E-state index contributed by atoms with van der Waals surface area (Å²) in [6, 6.07) is 2.34. The van der Waals surface area contributed by atoms with Crippen molar-refractivity contribution in [2.45, 2.75) is 60.0 Å². The summed E-state index contributed by atoms with van der Waals surface area (Å²) in [5, 5.41) is 4.72. The van der Waals surface area contributed by atoms with Gasteiger partial charge in [0.1, 0.15) is 0 Å². The molecular formula is C14H25N3. The lowest BCUT2D eigenvalue weighted by molar-refractivity contribution is 0.207. The normalized spacial score (nSPS) is 23.5. The molecule has 3 heteroatoms. The first-order valence-electron chi connectivity index (χ1n) is 6.49. The van der Waals surface area contributed by atoms with Gasteiger partial charge in [0.05, 0.1) is 11.4 Å². The van der Waals surface area contributed by atoms with Gasteiger partial charge < -0.3 is 5.73 Å². The maximum absolute atomic E-state index is 6.24. The molecule has 1 aliphatic heterocycles. The van der Waals surface area contributed by atoms with Crippen molar-refractivity contribution in [1.82, 2.24) is 9.78 Å². The lowest BCUT2D eigenvalue weighted by Gasteiger charge is -2.34. The molecule has 3 nitrogen and oxygen atoms in total. The molecular weight excluding hydrogens is 210 g/mol. The lowest BCUT2D eigenvalue weighted by Crippen LogP contribution is -2.33. The minimum atomic E-state index is 0.139. The third-order valence-corrected chi connectivity index (χ3v) is 3.30. The van der Waals surface area contributed by atoms with E-state index in [1.807, 2.05) is 0 Å². The Bertz CT molecular complexity index is 410. The first-order chi connectivity index (χ1) is 7.66. The molecule has 1 aliphatic rings. The van der Waals surface area contributed by atoms with Crippen LogP contribution in [0.25, 0.3) is 0 Å².